The number of nitrogen functional groups attached to an aromatic ring is 1. The van der Waals surface area contributed by atoms with Crippen LogP contribution in [0.4, 0.5) is 13.2 Å². The van der Waals surface area contributed by atoms with E-state index in [9.17, 15) is 13.2 Å². The molecule has 0 aliphatic rings. The molecule has 0 unspecified atom stereocenters. The number of benzene rings is 2. The summed E-state index contributed by atoms with van der Waals surface area (Å²) in [7, 11) is 0. The highest BCUT2D eigenvalue weighted by atomic mass is 19.4. The van der Waals surface area contributed by atoms with Crippen LogP contribution in [0.15, 0.2) is 48.5 Å². The molecule has 3 nitrogen and oxygen atoms in total. The van der Waals surface area contributed by atoms with Crippen LogP contribution in [0.1, 0.15) is 16.7 Å². The van der Waals surface area contributed by atoms with Crippen LogP contribution in [0.5, 0.6) is 5.75 Å². The van der Waals surface area contributed by atoms with E-state index in [0.29, 0.717) is 11.1 Å². The number of halogens is 3. The normalized spacial score (nSPS) is 11.2. The molecule has 110 valence electrons. The number of ether oxygens (including phenoxy) is 1. The molecule has 0 saturated carbocycles. The average molecular weight is 294 g/mol. The van der Waals surface area contributed by atoms with Gasteiger partial charge in [-0.2, -0.15) is 13.2 Å². The molecule has 0 radical (unpaired) electrons. The molecule has 2 aromatic carbocycles. The van der Waals surface area contributed by atoms with Crippen molar-refractivity contribution in [1.82, 2.24) is 0 Å². The minimum atomic E-state index is -4.46. The number of nitrogens with one attached hydrogen (secondary N) is 1. The predicted molar refractivity (Wildman–Crippen MR) is 73.2 cm³/mol. The van der Waals surface area contributed by atoms with Crippen molar-refractivity contribution in [2.24, 2.45) is 5.73 Å². The van der Waals surface area contributed by atoms with E-state index >= 15 is 0 Å². The second-order valence-electron chi connectivity index (χ2n) is 4.40. The summed E-state index contributed by atoms with van der Waals surface area (Å²) in [5.41, 5.74) is 5.69. The highest BCUT2D eigenvalue weighted by Gasteiger charge is 2.33. The number of amidine groups is 1. The maximum absolute atomic E-state index is 12.8. The second-order valence-corrected chi connectivity index (χ2v) is 4.40. The van der Waals surface area contributed by atoms with Crippen molar-refractivity contribution < 1.29 is 17.9 Å². The summed E-state index contributed by atoms with van der Waals surface area (Å²) in [5, 5.41) is 7.33. The Kier molecular flexibility index (Phi) is 4.16. The standard InChI is InChI=1S/C15H13F3N2O/c16-15(17,18)12-6-1-2-7-13(12)21-9-10-4-3-5-11(8-10)14(19)20/h1-8H,9H2,(H3,19,20). The zero-order chi connectivity index (χ0) is 15.5. The average Bonchev–Trinajstić information content (AvgIpc) is 2.45. The molecule has 0 aromatic heterocycles. The van der Waals surface area contributed by atoms with Gasteiger partial charge >= 0.3 is 6.18 Å². The monoisotopic (exact) mass is 294 g/mol. The van der Waals surface area contributed by atoms with E-state index in [1.54, 1.807) is 24.3 Å². The summed E-state index contributed by atoms with van der Waals surface area (Å²) in [5.74, 6) is -0.328. The number of para-hydroxylation sites is 1. The van der Waals surface area contributed by atoms with E-state index in [1.807, 2.05) is 0 Å². The Morgan fingerprint density at radius 1 is 1.10 bits per heavy atom. The van der Waals surface area contributed by atoms with Gasteiger partial charge in [0.15, 0.2) is 0 Å². The maximum atomic E-state index is 12.8. The fourth-order valence-corrected chi connectivity index (χ4v) is 1.82. The summed E-state index contributed by atoms with van der Waals surface area (Å²) in [6.45, 7) is -0.0335. The van der Waals surface area contributed by atoms with E-state index in [0.717, 1.165) is 6.07 Å². The zero-order valence-electron chi connectivity index (χ0n) is 10.9. The first-order valence-corrected chi connectivity index (χ1v) is 6.10. The lowest BCUT2D eigenvalue weighted by Crippen LogP contribution is -2.12. The zero-order valence-corrected chi connectivity index (χ0v) is 10.9. The van der Waals surface area contributed by atoms with Crippen LogP contribution in [0.2, 0.25) is 0 Å². The molecule has 0 fully saturated rings. The summed E-state index contributed by atoms with van der Waals surface area (Å²) in [6, 6.07) is 11.7. The van der Waals surface area contributed by atoms with Gasteiger partial charge in [0, 0.05) is 5.56 Å². The van der Waals surface area contributed by atoms with Gasteiger partial charge in [0.2, 0.25) is 0 Å². The van der Waals surface area contributed by atoms with Crippen molar-refractivity contribution in [3.63, 3.8) is 0 Å². The predicted octanol–water partition coefficient (Wildman–Crippen LogP) is 3.57. The molecule has 0 spiro atoms. The summed E-state index contributed by atoms with van der Waals surface area (Å²) in [4.78, 5) is 0. The molecule has 0 saturated heterocycles. The Morgan fingerprint density at radius 3 is 2.48 bits per heavy atom. The van der Waals surface area contributed by atoms with Gasteiger partial charge in [-0.1, -0.05) is 30.3 Å². The van der Waals surface area contributed by atoms with Crippen LogP contribution in [-0.4, -0.2) is 5.84 Å². The SMILES string of the molecule is N=C(N)c1cccc(COc2ccccc2C(F)(F)F)c1. The number of nitrogens with two attached hydrogens (primary N) is 1. The third-order valence-electron chi connectivity index (χ3n) is 2.82. The molecule has 21 heavy (non-hydrogen) atoms. The van der Waals surface area contributed by atoms with Crippen LogP contribution in [0.25, 0.3) is 0 Å². The molecular weight excluding hydrogens is 281 g/mol. The topological polar surface area (TPSA) is 59.1 Å². The molecule has 0 atom stereocenters. The first-order valence-electron chi connectivity index (χ1n) is 6.10. The lowest BCUT2D eigenvalue weighted by atomic mass is 10.1. The van der Waals surface area contributed by atoms with Crippen LogP contribution in [-0.2, 0) is 12.8 Å². The van der Waals surface area contributed by atoms with Gasteiger partial charge < -0.3 is 10.5 Å². The largest absolute Gasteiger partial charge is 0.488 e. The molecular formula is C15H13F3N2O. The van der Waals surface area contributed by atoms with E-state index < -0.39 is 11.7 Å². The minimum Gasteiger partial charge on any atom is -0.488 e. The second kappa shape index (κ2) is 5.87. The lowest BCUT2D eigenvalue weighted by Gasteiger charge is -2.14. The summed E-state index contributed by atoms with van der Waals surface area (Å²) in [6.07, 6.45) is -4.46. The molecule has 6 heteroatoms. The molecule has 2 aromatic rings. The van der Waals surface area contributed by atoms with Crippen molar-refractivity contribution in [2.45, 2.75) is 12.8 Å². The quantitative estimate of drug-likeness (QED) is 0.669. The van der Waals surface area contributed by atoms with Gasteiger partial charge in [0.25, 0.3) is 0 Å². The van der Waals surface area contributed by atoms with Gasteiger partial charge in [-0.15, -0.1) is 0 Å². The van der Waals surface area contributed by atoms with Crippen LogP contribution in [0.3, 0.4) is 0 Å². The number of alkyl halides is 3. The Bertz CT molecular complexity index is 653. The smallest absolute Gasteiger partial charge is 0.419 e. The van der Waals surface area contributed by atoms with E-state index in [4.69, 9.17) is 15.9 Å². The van der Waals surface area contributed by atoms with Gasteiger partial charge in [-0.05, 0) is 23.8 Å². The maximum Gasteiger partial charge on any atom is 0.419 e. The minimum absolute atomic E-state index is 0.0335. The van der Waals surface area contributed by atoms with Crippen molar-refractivity contribution >= 4 is 5.84 Å². The molecule has 2 rings (SSSR count). The summed E-state index contributed by atoms with van der Waals surface area (Å²) < 4.78 is 43.7. The van der Waals surface area contributed by atoms with Gasteiger partial charge in [0.1, 0.15) is 18.2 Å². The van der Waals surface area contributed by atoms with Crippen molar-refractivity contribution in [3.8, 4) is 5.75 Å². The van der Waals surface area contributed by atoms with Crippen LogP contribution < -0.4 is 10.5 Å². The Morgan fingerprint density at radius 2 is 1.81 bits per heavy atom. The van der Waals surface area contributed by atoms with Gasteiger partial charge in [0.05, 0.1) is 5.56 Å². The van der Waals surface area contributed by atoms with E-state index in [1.165, 1.54) is 18.2 Å². The Balaban J connectivity index is 2.17. The first-order chi connectivity index (χ1) is 9.88. The molecule has 3 N–H and O–H groups in total. The van der Waals surface area contributed by atoms with Gasteiger partial charge in [-0.3, -0.25) is 5.41 Å². The van der Waals surface area contributed by atoms with Crippen molar-refractivity contribution in [2.75, 3.05) is 0 Å². The summed E-state index contributed by atoms with van der Waals surface area (Å²) >= 11 is 0. The molecule has 0 amide bonds. The van der Waals surface area contributed by atoms with Crippen LogP contribution in [0, 0.1) is 5.41 Å². The van der Waals surface area contributed by atoms with E-state index in [-0.39, 0.29) is 18.2 Å². The molecule has 0 aliphatic heterocycles. The number of hydrogen-bond acceptors (Lipinski definition) is 2. The Hall–Kier alpha value is -2.50. The van der Waals surface area contributed by atoms with Crippen LogP contribution >= 0.6 is 0 Å². The third kappa shape index (κ3) is 3.75. The number of hydrogen-bond donors (Lipinski definition) is 2. The fourth-order valence-electron chi connectivity index (χ4n) is 1.82. The Labute approximate surface area is 119 Å². The van der Waals surface area contributed by atoms with Crippen molar-refractivity contribution in [1.29, 1.82) is 5.41 Å². The molecule has 0 aliphatic carbocycles. The van der Waals surface area contributed by atoms with E-state index in [2.05, 4.69) is 0 Å². The highest BCUT2D eigenvalue weighted by molar-refractivity contribution is 5.95. The lowest BCUT2D eigenvalue weighted by molar-refractivity contribution is -0.139. The highest BCUT2D eigenvalue weighted by Crippen LogP contribution is 2.36. The number of rotatable bonds is 4. The fraction of sp³-hybridized carbons (Fsp3) is 0.133. The van der Waals surface area contributed by atoms with Gasteiger partial charge in [-0.25, -0.2) is 0 Å². The molecule has 0 heterocycles. The first kappa shape index (κ1) is 14.9. The molecule has 0 bridgehead atoms. The van der Waals surface area contributed by atoms with Crippen molar-refractivity contribution in [3.05, 3.63) is 65.2 Å². The third-order valence-corrected chi connectivity index (χ3v) is 2.82.